The summed E-state index contributed by atoms with van der Waals surface area (Å²) in [6.45, 7) is 1.74. The van der Waals surface area contributed by atoms with Crippen molar-refractivity contribution in [2.45, 2.75) is 13.5 Å². The molecule has 0 aliphatic carbocycles. The third-order valence-corrected chi connectivity index (χ3v) is 2.05. The summed E-state index contributed by atoms with van der Waals surface area (Å²) in [4.78, 5) is 3.94. The Morgan fingerprint density at radius 3 is 2.83 bits per heavy atom. The first-order valence-corrected chi connectivity index (χ1v) is 3.87. The highest BCUT2D eigenvalue weighted by molar-refractivity contribution is 6.32. The maximum Gasteiger partial charge on any atom is 0.232 e. The highest BCUT2D eigenvalue weighted by Crippen LogP contribution is 2.27. The predicted octanol–water partition coefficient (Wildman–Crippen LogP) is 1.54. The normalized spacial score (nSPS) is 10.0. The molecule has 0 saturated heterocycles. The van der Waals surface area contributed by atoms with Crippen LogP contribution in [-0.4, -0.2) is 17.2 Å². The Hall–Kier alpha value is -0.800. The lowest BCUT2D eigenvalue weighted by atomic mass is 10.2. The Bertz CT molecular complexity index is 289. The molecule has 1 rings (SSSR count). The quantitative estimate of drug-likeness (QED) is 0.764. The SMILES string of the molecule is COc1ncc(C)c(CO)c1Cl. The minimum atomic E-state index is -0.0937. The Morgan fingerprint density at radius 2 is 2.33 bits per heavy atom. The van der Waals surface area contributed by atoms with Crippen molar-refractivity contribution in [2.75, 3.05) is 7.11 Å². The van der Waals surface area contributed by atoms with E-state index in [1.54, 1.807) is 6.20 Å². The maximum atomic E-state index is 8.95. The van der Waals surface area contributed by atoms with Crippen molar-refractivity contribution < 1.29 is 9.84 Å². The Kier molecular flexibility index (Phi) is 2.89. The zero-order valence-corrected chi connectivity index (χ0v) is 7.72. The van der Waals surface area contributed by atoms with Crippen LogP contribution in [0.25, 0.3) is 0 Å². The lowest BCUT2D eigenvalue weighted by Gasteiger charge is -2.07. The molecule has 1 N–H and O–H groups in total. The number of aryl methyl sites for hydroxylation is 1. The minimum Gasteiger partial charge on any atom is -0.480 e. The predicted molar refractivity (Wildman–Crippen MR) is 46.5 cm³/mol. The average Bonchev–Trinajstić information content (AvgIpc) is 2.06. The summed E-state index contributed by atoms with van der Waals surface area (Å²) >= 11 is 5.87. The summed E-state index contributed by atoms with van der Waals surface area (Å²) in [5, 5.41) is 9.34. The Morgan fingerprint density at radius 1 is 1.67 bits per heavy atom. The van der Waals surface area contributed by atoms with E-state index in [1.807, 2.05) is 6.92 Å². The maximum absolute atomic E-state index is 8.95. The van der Waals surface area contributed by atoms with E-state index in [9.17, 15) is 0 Å². The monoisotopic (exact) mass is 187 g/mol. The topological polar surface area (TPSA) is 42.4 Å². The van der Waals surface area contributed by atoms with Crippen molar-refractivity contribution in [3.63, 3.8) is 0 Å². The van der Waals surface area contributed by atoms with E-state index in [1.165, 1.54) is 7.11 Å². The van der Waals surface area contributed by atoms with Crippen LogP contribution in [-0.2, 0) is 6.61 Å². The molecule has 0 radical (unpaired) electrons. The summed E-state index contributed by atoms with van der Waals surface area (Å²) in [7, 11) is 1.49. The van der Waals surface area contributed by atoms with Crippen LogP contribution in [0.4, 0.5) is 0 Å². The number of aliphatic hydroxyl groups is 1. The lowest BCUT2D eigenvalue weighted by Crippen LogP contribution is -1.96. The van der Waals surface area contributed by atoms with Gasteiger partial charge in [0.15, 0.2) is 0 Å². The summed E-state index contributed by atoms with van der Waals surface area (Å²) in [5.41, 5.74) is 1.53. The number of hydrogen-bond donors (Lipinski definition) is 1. The first-order valence-electron chi connectivity index (χ1n) is 3.49. The number of pyridine rings is 1. The van der Waals surface area contributed by atoms with Gasteiger partial charge in [-0.3, -0.25) is 0 Å². The number of hydrogen-bond acceptors (Lipinski definition) is 3. The fourth-order valence-electron chi connectivity index (χ4n) is 0.929. The van der Waals surface area contributed by atoms with Crippen molar-refractivity contribution >= 4 is 11.6 Å². The fourth-order valence-corrected chi connectivity index (χ4v) is 1.26. The van der Waals surface area contributed by atoms with Gasteiger partial charge >= 0.3 is 0 Å². The van der Waals surface area contributed by atoms with Gasteiger partial charge in [-0.2, -0.15) is 0 Å². The third kappa shape index (κ3) is 1.52. The summed E-state index contributed by atoms with van der Waals surface area (Å²) in [5.74, 6) is 0.353. The van der Waals surface area contributed by atoms with Crippen LogP contribution in [0, 0.1) is 6.92 Å². The van der Waals surface area contributed by atoms with Crippen LogP contribution >= 0.6 is 11.6 Å². The van der Waals surface area contributed by atoms with E-state index in [0.717, 1.165) is 5.56 Å². The molecule has 0 amide bonds. The third-order valence-electron chi connectivity index (χ3n) is 1.66. The van der Waals surface area contributed by atoms with E-state index in [-0.39, 0.29) is 6.61 Å². The molecular weight excluding hydrogens is 178 g/mol. The van der Waals surface area contributed by atoms with Crippen LogP contribution in [0.2, 0.25) is 5.02 Å². The standard InChI is InChI=1S/C8H10ClNO2/c1-5-3-10-8(12-2)7(9)6(5)4-11/h3,11H,4H2,1-2H3. The van der Waals surface area contributed by atoms with Gasteiger partial charge < -0.3 is 9.84 Å². The summed E-state index contributed by atoms with van der Waals surface area (Å²) in [6.07, 6.45) is 1.62. The number of halogens is 1. The van der Waals surface area contributed by atoms with Gasteiger partial charge in [0.1, 0.15) is 5.02 Å². The minimum absolute atomic E-state index is 0.0937. The first kappa shape index (κ1) is 9.29. The number of aromatic nitrogens is 1. The molecule has 0 atom stereocenters. The lowest BCUT2D eigenvalue weighted by molar-refractivity contribution is 0.280. The summed E-state index contributed by atoms with van der Waals surface area (Å²) in [6, 6.07) is 0. The second-order valence-electron chi connectivity index (χ2n) is 2.40. The number of nitrogens with zero attached hydrogens (tertiary/aromatic N) is 1. The smallest absolute Gasteiger partial charge is 0.232 e. The second-order valence-corrected chi connectivity index (χ2v) is 2.78. The number of rotatable bonds is 2. The van der Waals surface area contributed by atoms with E-state index in [2.05, 4.69) is 4.98 Å². The zero-order valence-electron chi connectivity index (χ0n) is 6.97. The van der Waals surface area contributed by atoms with Gasteiger partial charge in [-0.05, 0) is 12.5 Å². The summed E-state index contributed by atoms with van der Waals surface area (Å²) < 4.78 is 4.89. The Labute approximate surface area is 76.0 Å². The largest absolute Gasteiger partial charge is 0.480 e. The van der Waals surface area contributed by atoms with Crippen LogP contribution in [0.1, 0.15) is 11.1 Å². The van der Waals surface area contributed by atoms with E-state index in [0.29, 0.717) is 16.5 Å². The molecule has 0 bridgehead atoms. The van der Waals surface area contributed by atoms with Crippen LogP contribution in [0.5, 0.6) is 5.88 Å². The van der Waals surface area contributed by atoms with Gasteiger partial charge in [0.05, 0.1) is 13.7 Å². The van der Waals surface area contributed by atoms with E-state index >= 15 is 0 Å². The van der Waals surface area contributed by atoms with Gasteiger partial charge in [-0.25, -0.2) is 4.98 Å². The Balaban J connectivity index is 3.24. The number of methoxy groups -OCH3 is 1. The molecule has 0 fully saturated rings. The highest BCUT2D eigenvalue weighted by atomic mass is 35.5. The van der Waals surface area contributed by atoms with Crippen molar-refractivity contribution in [3.8, 4) is 5.88 Å². The van der Waals surface area contributed by atoms with Crippen molar-refractivity contribution in [1.82, 2.24) is 4.98 Å². The molecule has 66 valence electrons. The molecule has 0 spiro atoms. The van der Waals surface area contributed by atoms with Crippen LogP contribution in [0.3, 0.4) is 0 Å². The van der Waals surface area contributed by atoms with Crippen LogP contribution < -0.4 is 4.74 Å². The molecule has 4 heteroatoms. The van der Waals surface area contributed by atoms with Gasteiger partial charge in [0, 0.05) is 11.8 Å². The molecule has 0 aliphatic rings. The molecule has 1 aromatic heterocycles. The van der Waals surface area contributed by atoms with Crippen molar-refractivity contribution in [2.24, 2.45) is 0 Å². The van der Waals surface area contributed by atoms with Gasteiger partial charge in [-0.15, -0.1) is 0 Å². The number of aliphatic hydroxyl groups excluding tert-OH is 1. The average molecular weight is 188 g/mol. The van der Waals surface area contributed by atoms with Crippen molar-refractivity contribution in [1.29, 1.82) is 0 Å². The molecule has 1 heterocycles. The van der Waals surface area contributed by atoms with Gasteiger partial charge in [0.25, 0.3) is 0 Å². The van der Waals surface area contributed by atoms with E-state index < -0.39 is 0 Å². The molecule has 1 aromatic rings. The zero-order chi connectivity index (χ0) is 9.14. The molecule has 3 nitrogen and oxygen atoms in total. The molecule has 0 saturated carbocycles. The van der Waals surface area contributed by atoms with Crippen molar-refractivity contribution in [3.05, 3.63) is 22.3 Å². The second kappa shape index (κ2) is 3.74. The molecule has 0 aromatic carbocycles. The van der Waals surface area contributed by atoms with E-state index in [4.69, 9.17) is 21.4 Å². The first-order chi connectivity index (χ1) is 5.70. The highest BCUT2D eigenvalue weighted by Gasteiger charge is 2.09. The molecule has 12 heavy (non-hydrogen) atoms. The molecular formula is C8H10ClNO2. The molecule has 0 aliphatic heterocycles. The molecule has 0 unspecified atom stereocenters. The van der Waals surface area contributed by atoms with Crippen LogP contribution in [0.15, 0.2) is 6.20 Å². The number of ether oxygens (including phenoxy) is 1. The fraction of sp³-hybridized carbons (Fsp3) is 0.375. The van der Waals surface area contributed by atoms with Gasteiger partial charge in [-0.1, -0.05) is 11.6 Å². The van der Waals surface area contributed by atoms with Gasteiger partial charge in [0.2, 0.25) is 5.88 Å².